The highest BCUT2D eigenvalue weighted by Crippen LogP contribution is 2.23. The van der Waals surface area contributed by atoms with E-state index in [1.165, 1.54) is 0 Å². The minimum absolute atomic E-state index is 0.158. The first-order valence-electron chi connectivity index (χ1n) is 5.15. The Hall–Kier alpha value is -0.800. The molecular weight excluding hydrogens is 178 g/mol. The van der Waals surface area contributed by atoms with Crippen molar-refractivity contribution in [2.75, 3.05) is 6.61 Å². The lowest BCUT2D eigenvalue weighted by Crippen LogP contribution is -2.32. The normalized spacial score (nSPS) is 29.3. The molecular formula is C11H17NO2. The van der Waals surface area contributed by atoms with E-state index in [4.69, 9.17) is 14.9 Å². The van der Waals surface area contributed by atoms with Crippen LogP contribution in [0.3, 0.4) is 0 Å². The van der Waals surface area contributed by atoms with E-state index >= 15 is 0 Å². The van der Waals surface area contributed by atoms with Gasteiger partial charge in [0, 0.05) is 18.4 Å². The third-order valence-electron chi connectivity index (χ3n) is 2.85. The molecule has 1 saturated heterocycles. The highest BCUT2D eigenvalue weighted by atomic mass is 16.5. The fraction of sp³-hybridized carbons (Fsp3) is 0.636. The second-order valence-electron chi connectivity index (χ2n) is 4.09. The number of ether oxygens (including phenoxy) is 1. The minimum Gasteiger partial charge on any atom is -0.469 e. The summed E-state index contributed by atoms with van der Waals surface area (Å²) < 4.78 is 10.8. The van der Waals surface area contributed by atoms with Crippen molar-refractivity contribution < 1.29 is 9.15 Å². The first-order chi connectivity index (χ1) is 6.75. The van der Waals surface area contributed by atoms with Gasteiger partial charge in [-0.15, -0.1) is 0 Å². The zero-order chi connectivity index (χ0) is 9.97. The lowest BCUT2D eigenvalue weighted by atomic mass is 9.94. The van der Waals surface area contributed by atoms with Gasteiger partial charge in [0.2, 0.25) is 0 Å². The van der Waals surface area contributed by atoms with E-state index in [0.29, 0.717) is 12.0 Å². The molecule has 2 rings (SSSR count). The number of rotatable bonds is 3. The summed E-state index contributed by atoms with van der Waals surface area (Å²) in [5, 5.41) is 0. The van der Waals surface area contributed by atoms with E-state index in [0.717, 1.165) is 25.2 Å². The van der Waals surface area contributed by atoms with Crippen molar-refractivity contribution in [2.24, 2.45) is 11.7 Å². The maximum absolute atomic E-state index is 6.09. The predicted molar refractivity (Wildman–Crippen MR) is 53.9 cm³/mol. The Kier molecular flexibility index (Phi) is 2.89. The molecule has 1 aliphatic heterocycles. The van der Waals surface area contributed by atoms with Crippen molar-refractivity contribution in [3.8, 4) is 0 Å². The van der Waals surface area contributed by atoms with Crippen LogP contribution in [0.1, 0.15) is 19.1 Å². The van der Waals surface area contributed by atoms with Crippen molar-refractivity contribution in [2.45, 2.75) is 31.9 Å². The molecule has 3 heteroatoms. The SMILES string of the molecule is CC1CC(C(N)Cc2ccco2)CO1. The van der Waals surface area contributed by atoms with Crippen molar-refractivity contribution >= 4 is 0 Å². The molecule has 0 radical (unpaired) electrons. The van der Waals surface area contributed by atoms with Gasteiger partial charge in [-0.3, -0.25) is 0 Å². The Balaban J connectivity index is 1.87. The summed E-state index contributed by atoms with van der Waals surface area (Å²) in [6, 6.07) is 4.03. The van der Waals surface area contributed by atoms with Crippen LogP contribution in [0, 0.1) is 5.92 Å². The van der Waals surface area contributed by atoms with Gasteiger partial charge in [0.15, 0.2) is 0 Å². The zero-order valence-corrected chi connectivity index (χ0v) is 8.48. The standard InChI is InChI=1S/C11H17NO2/c1-8-5-9(7-14-8)11(12)6-10-3-2-4-13-10/h2-4,8-9,11H,5-7,12H2,1H3. The molecule has 1 aromatic heterocycles. The van der Waals surface area contributed by atoms with Crippen molar-refractivity contribution in [1.29, 1.82) is 0 Å². The summed E-state index contributed by atoms with van der Waals surface area (Å²) in [5.41, 5.74) is 6.09. The van der Waals surface area contributed by atoms with Gasteiger partial charge in [-0.25, -0.2) is 0 Å². The van der Waals surface area contributed by atoms with Gasteiger partial charge in [0.05, 0.1) is 19.0 Å². The second kappa shape index (κ2) is 4.15. The number of hydrogen-bond donors (Lipinski definition) is 1. The van der Waals surface area contributed by atoms with Gasteiger partial charge in [-0.1, -0.05) is 0 Å². The van der Waals surface area contributed by atoms with Gasteiger partial charge < -0.3 is 14.9 Å². The van der Waals surface area contributed by atoms with Crippen LogP contribution >= 0.6 is 0 Å². The van der Waals surface area contributed by atoms with E-state index in [1.54, 1.807) is 6.26 Å². The molecule has 1 aliphatic rings. The van der Waals surface area contributed by atoms with Crippen LogP contribution in [0.4, 0.5) is 0 Å². The Bertz CT molecular complexity index is 271. The summed E-state index contributed by atoms with van der Waals surface area (Å²) in [6.07, 6.45) is 3.94. The summed E-state index contributed by atoms with van der Waals surface area (Å²) >= 11 is 0. The molecule has 0 saturated carbocycles. The average Bonchev–Trinajstić information content (AvgIpc) is 2.75. The molecule has 1 aromatic rings. The summed E-state index contributed by atoms with van der Waals surface area (Å²) in [6.45, 7) is 2.89. The van der Waals surface area contributed by atoms with E-state index in [2.05, 4.69) is 6.92 Å². The van der Waals surface area contributed by atoms with E-state index in [-0.39, 0.29) is 6.04 Å². The topological polar surface area (TPSA) is 48.4 Å². The molecule has 1 fully saturated rings. The molecule has 14 heavy (non-hydrogen) atoms. The van der Waals surface area contributed by atoms with Gasteiger partial charge >= 0.3 is 0 Å². The first kappa shape index (κ1) is 9.74. The van der Waals surface area contributed by atoms with Crippen molar-refractivity contribution in [1.82, 2.24) is 0 Å². The maximum Gasteiger partial charge on any atom is 0.105 e. The van der Waals surface area contributed by atoms with Gasteiger partial charge in [-0.2, -0.15) is 0 Å². The van der Waals surface area contributed by atoms with Crippen LogP contribution in [0.2, 0.25) is 0 Å². The highest BCUT2D eigenvalue weighted by molar-refractivity contribution is 5.01. The van der Waals surface area contributed by atoms with Gasteiger partial charge in [-0.05, 0) is 25.5 Å². The Labute approximate surface area is 84.2 Å². The molecule has 2 N–H and O–H groups in total. The van der Waals surface area contributed by atoms with Crippen LogP contribution in [0.15, 0.2) is 22.8 Å². The van der Waals surface area contributed by atoms with Crippen LogP contribution in [-0.2, 0) is 11.2 Å². The fourth-order valence-corrected chi connectivity index (χ4v) is 1.98. The molecule has 78 valence electrons. The number of hydrogen-bond acceptors (Lipinski definition) is 3. The maximum atomic E-state index is 6.09. The fourth-order valence-electron chi connectivity index (χ4n) is 1.98. The average molecular weight is 195 g/mol. The molecule has 3 atom stereocenters. The van der Waals surface area contributed by atoms with Crippen LogP contribution in [0.5, 0.6) is 0 Å². The number of furan rings is 1. The van der Waals surface area contributed by atoms with Gasteiger partial charge in [0.25, 0.3) is 0 Å². The summed E-state index contributed by atoms with van der Waals surface area (Å²) in [7, 11) is 0. The summed E-state index contributed by atoms with van der Waals surface area (Å²) in [4.78, 5) is 0. The van der Waals surface area contributed by atoms with E-state index < -0.39 is 0 Å². The Morgan fingerprint density at radius 3 is 3.07 bits per heavy atom. The second-order valence-corrected chi connectivity index (χ2v) is 4.09. The lowest BCUT2D eigenvalue weighted by Gasteiger charge is -2.15. The molecule has 0 spiro atoms. The van der Waals surface area contributed by atoms with E-state index in [1.807, 2.05) is 12.1 Å². The largest absolute Gasteiger partial charge is 0.469 e. The summed E-state index contributed by atoms with van der Waals surface area (Å²) in [5.74, 6) is 1.45. The van der Waals surface area contributed by atoms with Crippen LogP contribution in [-0.4, -0.2) is 18.8 Å². The zero-order valence-electron chi connectivity index (χ0n) is 8.48. The predicted octanol–water partition coefficient (Wildman–Crippen LogP) is 1.57. The Morgan fingerprint density at radius 1 is 1.64 bits per heavy atom. The molecule has 3 nitrogen and oxygen atoms in total. The first-order valence-corrected chi connectivity index (χ1v) is 5.15. The molecule has 0 aromatic carbocycles. The van der Waals surface area contributed by atoms with Crippen molar-refractivity contribution in [3.05, 3.63) is 24.2 Å². The van der Waals surface area contributed by atoms with Crippen molar-refractivity contribution in [3.63, 3.8) is 0 Å². The van der Waals surface area contributed by atoms with E-state index in [9.17, 15) is 0 Å². The monoisotopic (exact) mass is 195 g/mol. The number of nitrogens with two attached hydrogens (primary N) is 1. The third kappa shape index (κ3) is 2.16. The lowest BCUT2D eigenvalue weighted by molar-refractivity contribution is 0.118. The minimum atomic E-state index is 0.158. The third-order valence-corrected chi connectivity index (χ3v) is 2.85. The smallest absolute Gasteiger partial charge is 0.105 e. The Morgan fingerprint density at radius 2 is 2.50 bits per heavy atom. The molecule has 0 bridgehead atoms. The molecule has 0 aliphatic carbocycles. The molecule has 0 amide bonds. The quantitative estimate of drug-likeness (QED) is 0.796. The molecule has 3 unspecified atom stereocenters. The van der Waals surface area contributed by atoms with Crippen LogP contribution in [0.25, 0.3) is 0 Å². The molecule has 2 heterocycles. The van der Waals surface area contributed by atoms with Gasteiger partial charge in [0.1, 0.15) is 5.76 Å². The van der Waals surface area contributed by atoms with Crippen LogP contribution < -0.4 is 5.73 Å². The highest BCUT2D eigenvalue weighted by Gasteiger charge is 2.27.